The van der Waals surface area contributed by atoms with Crippen LogP contribution in [0.5, 0.6) is 0 Å². The minimum Gasteiger partial charge on any atom is -0.452 e. The third kappa shape index (κ3) is 4.77. The summed E-state index contributed by atoms with van der Waals surface area (Å²) in [6, 6.07) is 3.61. The average molecular weight is 411 g/mol. The summed E-state index contributed by atoms with van der Waals surface area (Å²) in [5.41, 5.74) is 0.252. The molecule has 0 spiro atoms. The fourth-order valence-electron chi connectivity index (χ4n) is 3.41. The van der Waals surface area contributed by atoms with Crippen LogP contribution < -0.4 is 10.2 Å². The van der Waals surface area contributed by atoms with Crippen LogP contribution in [-0.2, 0) is 19.4 Å². The Morgan fingerprint density at radius 2 is 2.00 bits per heavy atom. The second kappa shape index (κ2) is 8.13. The van der Waals surface area contributed by atoms with Gasteiger partial charge in [0.2, 0.25) is 0 Å². The average Bonchev–Trinajstić information content (AvgIpc) is 3.28. The predicted molar refractivity (Wildman–Crippen MR) is 100 cm³/mol. The Morgan fingerprint density at radius 1 is 1.29 bits per heavy atom. The molecule has 152 valence electrons. The van der Waals surface area contributed by atoms with Crippen LogP contribution in [0.25, 0.3) is 0 Å². The largest absolute Gasteiger partial charge is 0.452 e. The molecule has 11 heteroatoms. The fraction of sp³-hybridized carbons (Fsp3) is 0.529. The van der Waals surface area contributed by atoms with Gasteiger partial charge in [-0.25, -0.2) is 13.2 Å². The van der Waals surface area contributed by atoms with Gasteiger partial charge in [-0.05, 0) is 31.4 Å². The topological polar surface area (TPSA) is 136 Å². The van der Waals surface area contributed by atoms with E-state index in [1.165, 1.54) is 12.1 Å². The Balaban J connectivity index is 1.60. The zero-order chi connectivity index (χ0) is 20.3. The van der Waals surface area contributed by atoms with Crippen molar-refractivity contribution in [1.82, 2.24) is 5.32 Å². The van der Waals surface area contributed by atoms with Crippen LogP contribution >= 0.6 is 0 Å². The van der Waals surface area contributed by atoms with E-state index in [1.807, 2.05) is 4.90 Å². The lowest BCUT2D eigenvalue weighted by Crippen LogP contribution is -2.38. The molecule has 3 rings (SSSR count). The summed E-state index contributed by atoms with van der Waals surface area (Å²) in [6.45, 7) is 0.862. The molecule has 28 heavy (non-hydrogen) atoms. The fourth-order valence-corrected chi connectivity index (χ4v) is 5.09. The highest BCUT2D eigenvalue weighted by atomic mass is 32.2. The molecule has 1 atom stereocenters. The second-order valence-corrected chi connectivity index (χ2v) is 9.13. The first-order chi connectivity index (χ1) is 13.2. The van der Waals surface area contributed by atoms with Crippen LogP contribution in [0.4, 0.5) is 11.4 Å². The summed E-state index contributed by atoms with van der Waals surface area (Å²) >= 11 is 0. The number of carbonyl (C=O) groups excluding carboxylic acids is 2. The van der Waals surface area contributed by atoms with Crippen LogP contribution in [0, 0.1) is 10.1 Å². The minimum absolute atomic E-state index is 0.0186. The number of hydrogen-bond acceptors (Lipinski definition) is 8. The van der Waals surface area contributed by atoms with E-state index in [2.05, 4.69) is 5.32 Å². The summed E-state index contributed by atoms with van der Waals surface area (Å²) in [4.78, 5) is 36.7. The van der Waals surface area contributed by atoms with Gasteiger partial charge >= 0.3 is 5.97 Å². The van der Waals surface area contributed by atoms with E-state index in [1.54, 1.807) is 0 Å². The number of ether oxygens (including phenoxy) is 1. The number of nitrogens with one attached hydrogen (secondary N) is 1. The quantitative estimate of drug-likeness (QED) is 0.409. The first kappa shape index (κ1) is 20.1. The van der Waals surface area contributed by atoms with E-state index in [9.17, 15) is 28.1 Å². The molecule has 1 aromatic rings. The summed E-state index contributed by atoms with van der Waals surface area (Å²) in [6.07, 6.45) is 2.24. The highest BCUT2D eigenvalue weighted by Gasteiger charge is 2.29. The number of sulfone groups is 1. The van der Waals surface area contributed by atoms with Gasteiger partial charge in [0.1, 0.15) is 5.69 Å². The maximum absolute atomic E-state index is 12.2. The van der Waals surface area contributed by atoms with Gasteiger partial charge in [0, 0.05) is 25.2 Å². The molecule has 1 unspecified atom stereocenters. The van der Waals surface area contributed by atoms with Gasteiger partial charge in [-0.2, -0.15) is 0 Å². The summed E-state index contributed by atoms with van der Waals surface area (Å²) in [5, 5.41) is 13.9. The van der Waals surface area contributed by atoms with Crippen molar-refractivity contribution in [2.24, 2.45) is 0 Å². The highest BCUT2D eigenvalue weighted by molar-refractivity contribution is 7.91. The summed E-state index contributed by atoms with van der Waals surface area (Å²) in [7, 11) is -3.13. The van der Waals surface area contributed by atoms with E-state index >= 15 is 0 Å². The molecule has 1 N–H and O–H groups in total. The van der Waals surface area contributed by atoms with Gasteiger partial charge in [-0.1, -0.05) is 0 Å². The number of anilines is 1. The Morgan fingerprint density at radius 3 is 2.61 bits per heavy atom. The second-order valence-electron chi connectivity index (χ2n) is 6.90. The van der Waals surface area contributed by atoms with Gasteiger partial charge in [0.25, 0.3) is 11.6 Å². The van der Waals surface area contributed by atoms with E-state index in [-0.39, 0.29) is 22.8 Å². The lowest BCUT2D eigenvalue weighted by molar-refractivity contribution is -0.384. The molecule has 1 amide bonds. The van der Waals surface area contributed by atoms with Crippen molar-refractivity contribution in [1.29, 1.82) is 0 Å². The zero-order valence-corrected chi connectivity index (χ0v) is 15.9. The Hall–Kier alpha value is -2.69. The first-order valence-corrected chi connectivity index (χ1v) is 10.8. The third-order valence-corrected chi connectivity index (χ3v) is 6.55. The lowest BCUT2D eigenvalue weighted by atomic mass is 10.1. The SMILES string of the molecule is O=C(COC(=O)c1ccc(N2CCCC2)c([N+](=O)[O-])c1)NC1CCS(=O)(=O)C1. The Kier molecular flexibility index (Phi) is 5.82. The molecule has 2 heterocycles. The van der Waals surface area contributed by atoms with Crippen LogP contribution in [0.15, 0.2) is 18.2 Å². The standard InChI is InChI=1S/C17H21N3O7S/c21-16(18-13-5-8-28(25,26)11-13)10-27-17(22)12-3-4-14(15(9-12)20(23)24)19-6-1-2-7-19/h3-4,9,13H,1-2,5-8,10-11H2,(H,18,21). The van der Waals surface area contributed by atoms with E-state index in [0.717, 1.165) is 32.0 Å². The third-order valence-electron chi connectivity index (χ3n) is 4.79. The number of nitro benzene ring substituents is 1. The minimum atomic E-state index is -3.13. The van der Waals surface area contributed by atoms with Crippen LogP contribution in [-0.4, -0.2) is 62.5 Å². The van der Waals surface area contributed by atoms with Crippen molar-refractivity contribution in [2.45, 2.75) is 25.3 Å². The molecule has 2 fully saturated rings. The molecule has 0 aliphatic carbocycles. The van der Waals surface area contributed by atoms with Crippen molar-refractivity contribution in [3.63, 3.8) is 0 Å². The monoisotopic (exact) mass is 411 g/mol. The van der Waals surface area contributed by atoms with Crippen molar-refractivity contribution in [3.05, 3.63) is 33.9 Å². The van der Waals surface area contributed by atoms with Gasteiger partial charge in [-0.3, -0.25) is 14.9 Å². The molecule has 0 saturated carbocycles. The molecular formula is C17H21N3O7S. The Labute approximate surface area is 161 Å². The van der Waals surface area contributed by atoms with Crippen LogP contribution in [0.3, 0.4) is 0 Å². The van der Waals surface area contributed by atoms with Crippen molar-refractivity contribution in [2.75, 3.05) is 36.1 Å². The van der Waals surface area contributed by atoms with Crippen molar-refractivity contribution >= 4 is 33.1 Å². The molecule has 0 aromatic heterocycles. The van der Waals surface area contributed by atoms with Gasteiger partial charge < -0.3 is 15.0 Å². The summed E-state index contributed by atoms with van der Waals surface area (Å²) in [5.74, 6) is -1.58. The molecule has 0 radical (unpaired) electrons. The number of nitrogens with zero attached hydrogens (tertiary/aromatic N) is 2. The number of amides is 1. The predicted octanol–water partition coefficient (Wildman–Crippen LogP) is 0.655. The van der Waals surface area contributed by atoms with Gasteiger partial charge in [0.05, 0.1) is 22.0 Å². The Bertz CT molecular complexity index is 894. The number of hydrogen-bond donors (Lipinski definition) is 1. The van der Waals surface area contributed by atoms with E-state index in [4.69, 9.17) is 4.74 Å². The number of esters is 1. The molecule has 2 aliphatic heterocycles. The molecule has 0 bridgehead atoms. The van der Waals surface area contributed by atoms with Gasteiger partial charge in [-0.15, -0.1) is 0 Å². The van der Waals surface area contributed by atoms with E-state index < -0.39 is 39.3 Å². The molecule has 2 saturated heterocycles. The first-order valence-electron chi connectivity index (χ1n) is 8.95. The summed E-state index contributed by atoms with van der Waals surface area (Å²) < 4.78 is 27.7. The number of carbonyl (C=O) groups is 2. The van der Waals surface area contributed by atoms with Crippen molar-refractivity contribution < 1.29 is 27.7 Å². The number of rotatable bonds is 6. The van der Waals surface area contributed by atoms with Crippen LogP contribution in [0.2, 0.25) is 0 Å². The van der Waals surface area contributed by atoms with Gasteiger partial charge in [0.15, 0.2) is 16.4 Å². The van der Waals surface area contributed by atoms with Crippen molar-refractivity contribution in [3.8, 4) is 0 Å². The zero-order valence-electron chi connectivity index (χ0n) is 15.1. The maximum Gasteiger partial charge on any atom is 0.338 e. The molecule has 1 aromatic carbocycles. The lowest BCUT2D eigenvalue weighted by Gasteiger charge is -2.17. The smallest absolute Gasteiger partial charge is 0.338 e. The molecular weight excluding hydrogens is 390 g/mol. The highest BCUT2D eigenvalue weighted by Crippen LogP contribution is 2.31. The number of benzene rings is 1. The van der Waals surface area contributed by atoms with E-state index in [0.29, 0.717) is 12.1 Å². The molecule has 2 aliphatic rings. The molecule has 10 nitrogen and oxygen atoms in total. The maximum atomic E-state index is 12.2. The normalized spacial score (nSPS) is 20.7. The van der Waals surface area contributed by atoms with Crippen LogP contribution in [0.1, 0.15) is 29.6 Å². The number of nitro groups is 1.